The fourth-order valence-corrected chi connectivity index (χ4v) is 3.76. The number of aromatic nitrogens is 1. The highest BCUT2D eigenvalue weighted by atomic mass is 35.5. The molecule has 2 heterocycles. The molecule has 0 radical (unpaired) electrons. The van der Waals surface area contributed by atoms with Gasteiger partial charge in [0, 0.05) is 28.9 Å². The molecule has 3 aromatic rings. The van der Waals surface area contributed by atoms with E-state index in [1.54, 1.807) is 24.3 Å². The van der Waals surface area contributed by atoms with Gasteiger partial charge in [0.2, 0.25) is 10.0 Å². The molecule has 134 valence electrons. The van der Waals surface area contributed by atoms with E-state index in [4.69, 9.17) is 21.3 Å². The van der Waals surface area contributed by atoms with Gasteiger partial charge < -0.3 is 9.42 Å². The predicted octanol–water partition coefficient (Wildman–Crippen LogP) is 3.21. The minimum atomic E-state index is -3.73. The number of hydrogen-bond acceptors (Lipinski definition) is 5. The molecule has 26 heavy (non-hydrogen) atoms. The molecule has 0 atom stereocenters. The highest BCUT2D eigenvalue weighted by Gasteiger charge is 2.23. The number of primary sulfonamides is 1. The number of nitrogens with zero attached hydrogens (tertiary/aromatic N) is 2. The van der Waals surface area contributed by atoms with Crippen LogP contribution < -0.4 is 10.0 Å². The summed E-state index contributed by atoms with van der Waals surface area (Å²) in [6.07, 6.45) is 0.846. The van der Waals surface area contributed by atoms with Crippen LogP contribution in [0.5, 0.6) is 0 Å². The van der Waals surface area contributed by atoms with Crippen molar-refractivity contribution in [2.45, 2.75) is 17.9 Å². The van der Waals surface area contributed by atoms with E-state index in [9.17, 15) is 8.42 Å². The maximum absolute atomic E-state index is 11.6. The van der Waals surface area contributed by atoms with Gasteiger partial charge in [-0.25, -0.2) is 13.6 Å². The minimum absolute atomic E-state index is 0.113. The second-order valence-corrected chi connectivity index (χ2v) is 8.19. The Morgan fingerprint density at radius 2 is 1.92 bits per heavy atom. The van der Waals surface area contributed by atoms with Crippen molar-refractivity contribution >= 4 is 27.3 Å². The molecule has 0 spiro atoms. The molecular weight excluding hydrogens is 374 g/mol. The largest absolute Gasteiger partial charge is 0.363 e. The monoisotopic (exact) mass is 389 g/mol. The number of halogens is 1. The first-order valence-corrected chi connectivity index (χ1v) is 9.95. The Hall–Kier alpha value is -2.35. The van der Waals surface area contributed by atoms with Crippen molar-refractivity contribution in [1.82, 2.24) is 5.16 Å². The maximum Gasteiger partial charge on any atom is 0.238 e. The lowest BCUT2D eigenvalue weighted by atomic mass is 10.1. The number of nitrogens with two attached hydrogens (primary N) is 1. The van der Waals surface area contributed by atoms with E-state index in [0.29, 0.717) is 17.3 Å². The number of benzene rings is 2. The van der Waals surface area contributed by atoms with Crippen molar-refractivity contribution < 1.29 is 12.9 Å². The van der Waals surface area contributed by atoms with Crippen molar-refractivity contribution in [3.8, 4) is 11.3 Å². The van der Waals surface area contributed by atoms with Gasteiger partial charge in [0.1, 0.15) is 5.69 Å². The summed E-state index contributed by atoms with van der Waals surface area (Å²) in [5.74, 6) is 0.698. The fourth-order valence-electron chi connectivity index (χ4n) is 3.10. The standard InChI is InChI=1S/C18H16ClN3O3S/c19-14-4-1-12(2-5-14)17-9-15(25-21-17)11-22-8-7-13-3-6-16(10-18(13)22)26(20,23)24/h1-6,9-10H,7-8,11H2,(H2,20,23,24). The van der Waals surface area contributed by atoms with Crippen molar-refractivity contribution in [1.29, 1.82) is 0 Å². The number of hydrogen-bond donors (Lipinski definition) is 1. The van der Waals surface area contributed by atoms with Gasteiger partial charge in [-0.15, -0.1) is 0 Å². The third-order valence-corrected chi connectivity index (χ3v) is 5.59. The Bertz CT molecular complexity index is 1060. The summed E-state index contributed by atoms with van der Waals surface area (Å²) in [7, 11) is -3.73. The molecule has 0 saturated heterocycles. The maximum atomic E-state index is 11.6. The first kappa shape index (κ1) is 17.1. The molecule has 2 N–H and O–H groups in total. The van der Waals surface area contributed by atoms with Crippen LogP contribution in [0.25, 0.3) is 11.3 Å². The average molecular weight is 390 g/mol. The van der Waals surface area contributed by atoms with Gasteiger partial charge in [-0.2, -0.15) is 0 Å². The van der Waals surface area contributed by atoms with Crippen molar-refractivity contribution in [2.24, 2.45) is 5.14 Å². The third kappa shape index (κ3) is 3.33. The molecule has 0 bridgehead atoms. The molecule has 0 amide bonds. The molecule has 1 aliphatic rings. The van der Waals surface area contributed by atoms with Crippen LogP contribution in [0.1, 0.15) is 11.3 Å². The summed E-state index contributed by atoms with van der Waals surface area (Å²) in [4.78, 5) is 2.18. The SMILES string of the molecule is NS(=O)(=O)c1ccc2c(c1)N(Cc1cc(-c3ccc(Cl)cc3)no1)CC2. The van der Waals surface area contributed by atoms with Crippen LogP contribution in [-0.4, -0.2) is 20.1 Å². The zero-order valence-corrected chi connectivity index (χ0v) is 15.3. The van der Waals surface area contributed by atoms with Gasteiger partial charge in [0.25, 0.3) is 0 Å². The topological polar surface area (TPSA) is 89.4 Å². The Morgan fingerprint density at radius 1 is 1.15 bits per heavy atom. The molecule has 0 aliphatic carbocycles. The lowest BCUT2D eigenvalue weighted by Gasteiger charge is -2.17. The molecule has 1 aromatic heterocycles. The Labute approximate surface area is 156 Å². The molecule has 4 rings (SSSR count). The van der Waals surface area contributed by atoms with Gasteiger partial charge in [0.05, 0.1) is 11.4 Å². The zero-order chi connectivity index (χ0) is 18.3. The smallest absolute Gasteiger partial charge is 0.238 e. The highest BCUT2D eigenvalue weighted by molar-refractivity contribution is 7.89. The summed E-state index contributed by atoms with van der Waals surface area (Å²) < 4.78 is 28.7. The van der Waals surface area contributed by atoms with Crippen LogP contribution in [0.4, 0.5) is 5.69 Å². The lowest BCUT2D eigenvalue weighted by molar-refractivity contribution is 0.384. The first-order valence-electron chi connectivity index (χ1n) is 8.02. The second-order valence-electron chi connectivity index (χ2n) is 6.19. The van der Waals surface area contributed by atoms with Crippen molar-refractivity contribution in [3.05, 3.63) is 64.9 Å². The highest BCUT2D eigenvalue weighted by Crippen LogP contribution is 2.32. The number of rotatable bonds is 4. The summed E-state index contributed by atoms with van der Waals surface area (Å²) in [6, 6.07) is 14.2. The molecular formula is C18H16ClN3O3S. The van der Waals surface area contributed by atoms with Gasteiger partial charge in [-0.1, -0.05) is 35.0 Å². The summed E-state index contributed by atoms with van der Waals surface area (Å²) >= 11 is 5.91. The Kier molecular flexibility index (Phi) is 4.22. The molecule has 0 fully saturated rings. The van der Waals surface area contributed by atoms with E-state index in [2.05, 4.69) is 10.1 Å². The normalized spacial score (nSPS) is 13.8. The van der Waals surface area contributed by atoms with Crippen LogP contribution in [-0.2, 0) is 23.0 Å². The van der Waals surface area contributed by atoms with Gasteiger partial charge in [-0.3, -0.25) is 0 Å². The molecule has 8 heteroatoms. The fraction of sp³-hybridized carbons (Fsp3) is 0.167. The van der Waals surface area contributed by atoms with Gasteiger partial charge in [-0.05, 0) is 36.2 Å². The molecule has 0 saturated carbocycles. The number of anilines is 1. The number of sulfonamides is 1. The average Bonchev–Trinajstić information content (AvgIpc) is 3.22. The van der Waals surface area contributed by atoms with Gasteiger partial charge in [0.15, 0.2) is 5.76 Å². The van der Waals surface area contributed by atoms with E-state index in [1.165, 1.54) is 0 Å². The van der Waals surface area contributed by atoms with E-state index >= 15 is 0 Å². The van der Waals surface area contributed by atoms with Crippen LogP contribution in [0, 0.1) is 0 Å². The minimum Gasteiger partial charge on any atom is -0.363 e. The van der Waals surface area contributed by atoms with Crippen molar-refractivity contribution in [3.63, 3.8) is 0 Å². The number of fused-ring (bicyclic) bond motifs is 1. The van der Waals surface area contributed by atoms with Crippen LogP contribution in [0.2, 0.25) is 5.02 Å². The van der Waals surface area contributed by atoms with Gasteiger partial charge >= 0.3 is 0 Å². The zero-order valence-electron chi connectivity index (χ0n) is 13.7. The van der Waals surface area contributed by atoms with E-state index in [0.717, 1.165) is 35.5 Å². The Balaban J connectivity index is 1.58. The molecule has 1 aliphatic heterocycles. The lowest BCUT2D eigenvalue weighted by Crippen LogP contribution is -2.20. The molecule has 0 unspecified atom stereocenters. The van der Waals surface area contributed by atoms with Crippen molar-refractivity contribution in [2.75, 3.05) is 11.4 Å². The van der Waals surface area contributed by atoms with E-state index in [1.807, 2.05) is 24.3 Å². The molecule has 2 aromatic carbocycles. The summed E-state index contributed by atoms with van der Waals surface area (Å²) in [5.41, 5.74) is 3.60. The Morgan fingerprint density at radius 3 is 2.65 bits per heavy atom. The molecule has 6 nitrogen and oxygen atoms in total. The third-order valence-electron chi connectivity index (χ3n) is 4.42. The van der Waals surface area contributed by atoms with Crippen LogP contribution in [0.15, 0.2) is 57.9 Å². The second kappa shape index (κ2) is 6.42. The first-order chi connectivity index (χ1) is 12.4. The van der Waals surface area contributed by atoms with Crippen LogP contribution >= 0.6 is 11.6 Å². The predicted molar refractivity (Wildman–Crippen MR) is 99.5 cm³/mol. The van der Waals surface area contributed by atoms with E-state index in [-0.39, 0.29) is 4.90 Å². The quantitative estimate of drug-likeness (QED) is 0.740. The van der Waals surface area contributed by atoms with E-state index < -0.39 is 10.0 Å². The van der Waals surface area contributed by atoms with Crippen LogP contribution in [0.3, 0.4) is 0 Å². The summed E-state index contributed by atoms with van der Waals surface area (Å²) in [5, 5.41) is 10.0. The summed E-state index contributed by atoms with van der Waals surface area (Å²) in [6.45, 7) is 1.28.